The lowest BCUT2D eigenvalue weighted by Gasteiger charge is -2.11. The van der Waals surface area contributed by atoms with E-state index >= 15 is 0 Å². The van der Waals surface area contributed by atoms with E-state index in [0.29, 0.717) is 15.9 Å². The second-order valence-corrected chi connectivity index (χ2v) is 5.09. The Bertz CT molecular complexity index is 677. The molecule has 3 nitrogen and oxygen atoms in total. The Labute approximate surface area is 121 Å². The van der Waals surface area contributed by atoms with Crippen LogP contribution in [0.5, 0.6) is 0 Å². The summed E-state index contributed by atoms with van der Waals surface area (Å²) in [6.07, 6.45) is -2.95. The van der Waals surface area contributed by atoms with Gasteiger partial charge in [-0.05, 0) is 40.5 Å². The molecule has 7 heteroatoms. The number of aryl methyl sites for hydroxylation is 1. The van der Waals surface area contributed by atoms with Crippen LogP contribution in [0, 0.1) is 6.92 Å². The van der Waals surface area contributed by atoms with Crippen molar-refractivity contribution in [2.75, 3.05) is 0 Å². The van der Waals surface area contributed by atoms with Gasteiger partial charge in [0.1, 0.15) is 10.3 Å². The Balaban J connectivity index is 2.32. The predicted octanol–water partition coefficient (Wildman–Crippen LogP) is 3.38. The van der Waals surface area contributed by atoms with E-state index < -0.39 is 11.7 Å². The van der Waals surface area contributed by atoms with E-state index in [1.54, 1.807) is 6.92 Å². The first-order valence-electron chi connectivity index (χ1n) is 5.67. The van der Waals surface area contributed by atoms with Crippen LogP contribution in [0.1, 0.15) is 17.0 Å². The summed E-state index contributed by atoms with van der Waals surface area (Å²) < 4.78 is 39.1. The minimum absolute atomic E-state index is 0.176. The fourth-order valence-electron chi connectivity index (χ4n) is 1.72. The van der Waals surface area contributed by atoms with Gasteiger partial charge in [-0.15, -0.1) is 0 Å². The molecule has 1 aromatic carbocycles. The molecule has 1 aromatic heterocycles. The SMILES string of the molecule is Cc1ncc(Br)c(=O)n1Cc1ccc(C(F)(F)F)cc1. The van der Waals surface area contributed by atoms with Crippen LogP contribution in [0.4, 0.5) is 13.2 Å². The largest absolute Gasteiger partial charge is 0.416 e. The highest BCUT2D eigenvalue weighted by Gasteiger charge is 2.29. The quantitative estimate of drug-likeness (QED) is 0.835. The van der Waals surface area contributed by atoms with Crippen molar-refractivity contribution < 1.29 is 13.2 Å². The normalized spacial score (nSPS) is 11.7. The molecule has 0 N–H and O–H groups in total. The van der Waals surface area contributed by atoms with Crippen LogP contribution in [0.3, 0.4) is 0 Å². The molecule has 0 unspecified atom stereocenters. The summed E-state index contributed by atoms with van der Waals surface area (Å²) in [5, 5.41) is 0. The van der Waals surface area contributed by atoms with E-state index in [9.17, 15) is 18.0 Å². The van der Waals surface area contributed by atoms with Crippen molar-refractivity contribution >= 4 is 15.9 Å². The fraction of sp³-hybridized carbons (Fsp3) is 0.231. The topological polar surface area (TPSA) is 34.9 Å². The van der Waals surface area contributed by atoms with Crippen molar-refractivity contribution in [2.45, 2.75) is 19.6 Å². The Kier molecular flexibility index (Phi) is 3.99. The Hall–Kier alpha value is -1.63. The number of hydrogen-bond acceptors (Lipinski definition) is 2. The number of hydrogen-bond donors (Lipinski definition) is 0. The van der Waals surface area contributed by atoms with E-state index in [1.807, 2.05) is 0 Å². The molecule has 0 spiro atoms. The smallest absolute Gasteiger partial charge is 0.291 e. The van der Waals surface area contributed by atoms with Crippen molar-refractivity contribution in [1.82, 2.24) is 9.55 Å². The minimum Gasteiger partial charge on any atom is -0.291 e. The van der Waals surface area contributed by atoms with Gasteiger partial charge in [0.25, 0.3) is 5.56 Å². The van der Waals surface area contributed by atoms with Crippen LogP contribution >= 0.6 is 15.9 Å². The maximum Gasteiger partial charge on any atom is 0.416 e. The maximum absolute atomic E-state index is 12.5. The molecule has 0 fully saturated rings. The Morgan fingerprint density at radius 3 is 2.40 bits per heavy atom. The van der Waals surface area contributed by atoms with Gasteiger partial charge >= 0.3 is 6.18 Å². The molecule has 0 aliphatic heterocycles. The van der Waals surface area contributed by atoms with Crippen LogP contribution in [0.15, 0.2) is 39.7 Å². The molecule has 0 atom stereocenters. The average Bonchev–Trinajstić information content (AvgIpc) is 2.39. The van der Waals surface area contributed by atoms with E-state index in [-0.39, 0.29) is 12.1 Å². The molecule has 0 saturated carbocycles. The van der Waals surface area contributed by atoms with Crippen LogP contribution in [-0.4, -0.2) is 9.55 Å². The Morgan fingerprint density at radius 1 is 1.25 bits per heavy atom. The fourth-order valence-corrected chi connectivity index (χ4v) is 2.04. The zero-order valence-corrected chi connectivity index (χ0v) is 12.0. The monoisotopic (exact) mass is 346 g/mol. The molecular weight excluding hydrogens is 337 g/mol. The molecular formula is C13H10BrF3N2O. The first-order chi connectivity index (χ1) is 9.29. The number of alkyl halides is 3. The number of nitrogens with zero attached hydrogens (tertiary/aromatic N) is 2. The van der Waals surface area contributed by atoms with E-state index in [1.165, 1.54) is 22.9 Å². The summed E-state index contributed by atoms with van der Waals surface area (Å²) in [5.74, 6) is 0.498. The summed E-state index contributed by atoms with van der Waals surface area (Å²) in [6, 6.07) is 4.72. The molecule has 2 rings (SSSR count). The molecule has 0 amide bonds. The van der Waals surface area contributed by atoms with Gasteiger partial charge in [0, 0.05) is 6.20 Å². The van der Waals surface area contributed by atoms with Crippen molar-refractivity contribution in [3.05, 3.63) is 62.2 Å². The summed E-state index contributed by atoms with van der Waals surface area (Å²) in [7, 11) is 0. The molecule has 106 valence electrons. The van der Waals surface area contributed by atoms with Gasteiger partial charge in [0.15, 0.2) is 0 Å². The van der Waals surface area contributed by atoms with Crippen molar-refractivity contribution in [3.63, 3.8) is 0 Å². The number of halogens is 4. The summed E-state index contributed by atoms with van der Waals surface area (Å²) >= 11 is 3.09. The standard InChI is InChI=1S/C13H10BrF3N2O/c1-8-18-6-11(14)12(20)19(8)7-9-2-4-10(5-3-9)13(15,16)17/h2-6H,7H2,1H3. The predicted molar refractivity (Wildman–Crippen MR) is 71.5 cm³/mol. The molecule has 0 bridgehead atoms. The molecule has 0 aliphatic carbocycles. The molecule has 1 heterocycles. The number of benzene rings is 1. The minimum atomic E-state index is -4.36. The van der Waals surface area contributed by atoms with Gasteiger partial charge in [-0.2, -0.15) is 13.2 Å². The van der Waals surface area contributed by atoms with Gasteiger partial charge in [-0.1, -0.05) is 12.1 Å². The van der Waals surface area contributed by atoms with Gasteiger partial charge < -0.3 is 0 Å². The summed E-state index contributed by atoms with van der Waals surface area (Å²) in [4.78, 5) is 15.9. The van der Waals surface area contributed by atoms with Crippen LogP contribution in [0.2, 0.25) is 0 Å². The first-order valence-corrected chi connectivity index (χ1v) is 6.46. The third-order valence-electron chi connectivity index (χ3n) is 2.83. The van der Waals surface area contributed by atoms with Crippen molar-refractivity contribution in [1.29, 1.82) is 0 Å². The number of aromatic nitrogens is 2. The second-order valence-electron chi connectivity index (χ2n) is 4.24. The van der Waals surface area contributed by atoms with Gasteiger partial charge in [-0.3, -0.25) is 9.36 Å². The first kappa shape index (κ1) is 14.8. The zero-order chi connectivity index (χ0) is 14.9. The van der Waals surface area contributed by atoms with Gasteiger partial charge in [0.05, 0.1) is 12.1 Å². The molecule has 20 heavy (non-hydrogen) atoms. The molecule has 0 aliphatic rings. The van der Waals surface area contributed by atoms with Crippen molar-refractivity contribution in [2.24, 2.45) is 0 Å². The third kappa shape index (κ3) is 3.09. The lowest BCUT2D eigenvalue weighted by Crippen LogP contribution is -2.24. The van der Waals surface area contributed by atoms with Gasteiger partial charge in [0.2, 0.25) is 0 Å². The van der Waals surface area contributed by atoms with Crippen LogP contribution in [0.25, 0.3) is 0 Å². The van der Waals surface area contributed by atoms with E-state index in [0.717, 1.165) is 12.1 Å². The highest BCUT2D eigenvalue weighted by Crippen LogP contribution is 2.29. The summed E-state index contributed by atoms with van der Waals surface area (Å²) in [5.41, 5.74) is -0.377. The van der Waals surface area contributed by atoms with Crippen molar-refractivity contribution in [3.8, 4) is 0 Å². The van der Waals surface area contributed by atoms with Gasteiger partial charge in [-0.25, -0.2) is 4.98 Å². The Morgan fingerprint density at radius 2 is 1.85 bits per heavy atom. The van der Waals surface area contributed by atoms with E-state index in [2.05, 4.69) is 20.9 Å². The van der Waals surface area contributed by atoms with Crippen LogP contribution < -0.4 is 5.56 Å². The number of rotatable bonds is 2. The molecule has 2 aromatic rings. The third-order valence-corrected chi connectivity index (χ3v) is 3.37. The highest BCUT2D eigenvalue weighted by atomic mass is 79.9. The second kappa shape index (κ2) is 5.40. The van der Waals surface area contributed by atoms with Crippen LogP contribution in [-0.2, 0) is 12.7 Å². The molecule has 0 radical (unpaired) electrons. The lowest BCUT2D eigenvalue weighted by molar-refractivity contribution is -0.137. The molecule has 0 saturated heterocycles. The average molecular weight is 347 g/mol. The zero-order valence-electron chi connectivity index (χ0n) is 10.4. The summed E-state index contributed by atoms with van der Waals surface area (Å²) in [6.45, 7) is 1.84. The highest BCUT2D eigenvalue weighted by molar-refractivity contribution is 9.10. The van der Waals surface area contributed by atoms with E-state index in [4.69, 9.17) is 0 Å². The maximum atomic E-state index is 12.5. The lowest BCUT2D eigenvalue weighted by atomic mass is 10.1.